The van der Waals surface area contributed by atoms with Crippen LogP contribution in [0.3, 0.4) is 0 Å². The van der Waals surface area contributed by atoms with E-state index in [1.807, 2.05) is 0 Å². The Morgan fingerprint density at radius 2 is 2.07 bits per heavy atom. The molecular weight excluding hydrogens is 386 g/mol. The zero-order valence-corrected chi connectivity index (χ0v) is 15.3. The summed E-state index contributed by atoms with van der Waals surface area (Å²) in [6, 6.07) is 6.73. The van der Waals surface area contributed by atoms with Crippen LogP contribution in [0.1, 0.15) is 18.6 Å². The Kier molecular flexibility index (Phi) is 4.77. The van der Waals surface area contributed by atoms with E-state index >= 15 is 0 Å². The third-order valence-electron chi connectivity index (χ3n) is 3.56. The van der Waals surface area contributed by atoms with Gasteiger partial charge in [-0.15, -0.1) is 21.5 Å². The molecular formula is C18H13N3O6S. The van der Waals surface area contributed by atoms with Crippen LogP contribution in [0.4, 0.5) is 0 Å². The SMILES string of the molecule is CCOC(=O)C(c1nnc(-c2ccco2)o1)=c1[nH]c(=O)/c(=C/c2ccco2)s1. The molecule has 0 saturated heterocycles. The summed E-state index contributed by atoms with van der Waals surface area (Å²) in [5.74, 6) is 0.178. The number of nitrogens with zero attached hydrogens (tertiary/aromatic N) is 2. The van der Waals surface area contributed by atoms with Gasteiger partial charge in [0.15, 0.2) is 11.3 Å². The number of esters is 1. The average Bonchev–Trinajstić information content (AvgIpc) is 3.44. The topological polar surface area (TPSA) is 124 Å². The molecule has 4 aromatic rings. The first-order valence-corrected chi connectivity index (χ1v) is 9.01. The lowest BCUT2D eigenvalue weighted by Gasteiger charge is -2.01. The second-order valence-corrected chi connectivity index (χ2v) is 6.45. The summed E-state index contributed by atoms with van der Waals surface area (Å²) in [7, 11) is 0. The maximum absolute atomic E-state index is 12.5. The number of hydrogen-bond donors (Lipinski definition) is 1. The highest BCUT2D eigenvalue weighted by atomic mass is 32.1. The van der Waals surface area contributed by atoms with E-state index in [9.17, 15) is 9.59 Å². The van der Waals surface area contributed by atoms with Gasteiger partial charge in [0.2, 0.25) is 0 Å². The van der Waals surface area contributed by atoms with Gasteiger partial charge >= 0.3 is 5.97 Å². The highest BCUT2D eigenvalue weighted by molar-refractivity contribution is 7.07. The van der Waals surface area contributed by atoms with Crippen molar-refractivity contribution in [2.75, 3.05) is 6.61 Å². The summed E-state index contributed by atoms with van der Waals surface area (Å²) >= 11 is 1.05. The zero-order chi connectivity index (χ0) is 19.5. The first-order valence-electron chi connectivity index (χ1n) is 8.19. The van der Waals surface area contributed by atoms with Crippen LogP contribution in [-0.2, 0) is 9.53 Å². The Balaban J connectivity index is 1.88. The average molecular weight is 399 g/mol. The molecule has 28 heavy (non-hydrogen) atoms. The van der Waals surface area contributed by atoms with E-state index in [0.29, 0.717) is 16.1 Å². The minimum absolute atomic E-state index is 0.0339. The lowest BCUT2D eigenvalue weighted by molar-refractivity contribution is -0.136. The molecule has 142 valence electrons. The molecule has 10 heteroatoms. The Labute approximate surface area is 160 Å². The molecule has 0 atom stereocenters. The third-order valence-corrected chi connectivity index (χ3v) is 4.59. The van der Waals surface area contributed by atoms with Crippen LogP contribution >= 0.6 is 11.3 Å². The maximum atomic E-state index is 12.5. The van der Waals surface area contributed by atoms with Gasteiger partial charge in [-0.1, -0.05) is 0 Å². The zero-order valence-electron chi connectivity index (χ0n) is 14.5. The lowest BCUT2D eigenvalue weighted by Crippen LogP contribution is -2.22. The Morgan fingerprint density at radius 1 is 1.25 bits per heavy atom. The van der Waals surface area contributed by atoms with Crippen molar-refractivity contribution < 1.29 is 22.8 Å². The van der Waals surface area contributed by atoms with Gasteiger partial charge in [0.05, 0.1) is 23.7 Å². The number of carbonyl (C=O) groups is 1. The molecule has 0 radical (unpaired) electrons. The largest absolute Gasteiger partial charge is 0.465 e. The number of hydrogen-bond acceptors (Lipinski definition) is 9. The molecule has 4 heterocycles. The predicted octanol–water partition coefficient (Wildman–Crippen LogP) is 1.26. The van der Waals surface area contributed by atoms with E-state index in [1.54, 1.807) is 37.3 Å². The number of furan rings is 2. The number of carbonyl (C=O) groups excluding carboxylic acids is 1. The van der Waals surface area contributed by atoms with Crippen LogP contribution in [-0.4, -0.2) is 27.8 Å². The van der Waals surface area contributed by atoms with E-state index in [0.717, 1.165) is 11.3 Å². The highest BCUT2D eigenvalue weighted by Gasteiger charge is 2.24. The molecule has 0 amide bonds. The van der Waals surface area contributed by atoms with Crippen molar-refractivity contribution in [3.05, 3.63) is 68.0 Å². The van der Waals surface area contributed by atoms with Crippen LogP contribution in [0, 0.1) is 0 Å². The standard InChI is InChI=1S/C18H13N3O6S/c1-2-24-18(23)13(16-21-20-15(27-16)11-6-4-8-26-11)17-19-14(22)12(28-17)9-10-5-3-7-25-10/h3-9H,2H2,1H3,(H,19,22)/b12-9-,17-13?. The fourth-order valence-electron chi connectivity index (χ4n) is 2.36. The smallest absolute Gasteiger partial charge is 0.346 e. The quantitative estimate of drug-likeness (QED) is 0.498. The van der Waals surface area contributed by atoms with Crippen LogP contribution in [0.5, 0.6) is 0 Å². The van der Waals surface area contributed by atoms with E-state index in [2.05, 4.69) is 15.2 Å². The van der Waals surface area contributed by atoms with E-state index in [-0.39, 0.29) is 34.2 Å². The van der Waals surface area contributed by atoms with Crippen molar-refractivity contribution in [1.29, 1.82) is 0 Å². The highest BCUT2D eigenvalue weighted by Crippen LogP contribution is 2.21. The summed E-state index contributed by atoms with van der Waals surface area (Å²) in [6.07, 6.45) is 4.53. The predicted molar refractivity (Wildman–Crippen MR) is 97.6 cm³/mol. The van der Waals surface area contributed by atoms with Crippen molar-refractivity contribution in [1.82, 2.24) is 15.2 Å². The van der Waals surface area contributed by atoms with Gasteiger partial charge in [0.1, 0.15) is 10.4 Å². The second kappa shape index (κ2) is 7.53. The fraction of sp³-hybridized carbons (Fsp3) is 0.111. The first-order chi connectivity index (χ1) is 13.7. The molecule has 0 unspecified atom stereocenters. The van der Waals surface area contributed by atoms with Crippen LogP contribution < -0.4 is 14.8 Å². The molecule has 0 aliphatic carbocycles. The third kappa shape index (κ3) is 3.45. The van der Waals surface area contributed by atoms with E-state index in [1.165, 1.54) is 12.5 Å². The van der Waals surface area contributed by atoms with Crippen molar-refractivity contribution in [2.45, 2.75) is 6.92 Å². The monoisotopic (exact) mass is 399 g/mol. The Bertz CT molecular complexity index is 1260. The van der Waals surface area contributed by atoms with Crippen molar-refractivity contribution in [3.8, 4) is 11.7 Å². The Morgan fingerprint density at radius 3 is 2.79 bits per heavy atom. The summed E-state index contributed by atoms with van der Waals surface area (Å²) in [6.45, 7) is 1.81. The Hall–Kier alpha value is -3.66. The van der Waals surface area contributed by atoms with Crippen LogP contribution in [0.25, 0.3) is 23.3 Å². The van der Waals surface area contributed by atoms with Gasteiger partial charge in [-0.25, -0.2) is 4.79 Å². The minimum Gasteiger partial charge on any atom is -0.465 e. The number of aromatic amines is 1. The number of aromatic nitrogens is 3. The molecule has 4 aromatic heterocycles. The molecule has 1 N–H and O–H groups in total. The number of ether oxygens (including phenoxy) is 1. The van der Waals surface area contributed by atoms with Gasteiger partial charge in [-0.3, -0.25) is 4.79 Å². The van der Waals surface area contributed by atoms with Crippen molar-refractivity contribution in [2.24, 2.45) is 0 Å². The van der Waals surface area contributed by atoms with Crippen LogP contribution in [0.15, 0.2) is 54.8 Å². The van der Waals surface area contributed by atoms with Gasteiger partial charge in [0, 0.05) is 6.08 Å². The minimum atomic E-state index is -0.695. The molecule has 0 aromatic carbocycles. The fourth-order valence-corrected chi connectivity index (χ4v) is 3.32. The van der Waals surface area contributed by atoms with Crippen molar-refractivity contribution in [3.63, 3.8) is 0 Å². The summed E-state index contributed by atoms with van der Waals surface area (Å²) in [5.41, 5.74) is -0.419. The molecule has 9 nitrogen and oxygen atoms in total. The molecule has 0 saturated carbocycles. The number of rotatable bonds is 5. The molecule has 0 fully saturated rings. The molecule has 0 aliphatic rings. The first kappa shape index (κ1) is 17.7. The molecule has 4 rings (SSSR count). The lowest BCUT2D eigenvalue weighted by atomic mass is 10.3. The van der Waals surface area contributed by atoms with Gasteiger partial charge in [-0.05, 0) is 31.2 Å². The van der Waals surface area contributed by atoms with Gasteiger partial charge in [-0.2, -0.15) is 0 Å². The maximum Gasteiger partial charge on any atom is 0.346 e. The molecule has 0 spiro atoms. The summed E-state index contributed by atoms with van der Waals surface area (Å²) < 4.78 is 21.7. The van der Waals surface area contributed by atoms with Crippen molar-refractivity contribution >= 4 is 29.0 Å². The van der Waals surface area contributed by atoms with Crippen LogP contribution in [0.2, 0.25) is 0 Å². The number of H-pyrrole nitrogens is 1. The molecule has 0 aliphatic heterocycles. The van der Waals surface area contributed by atoms with Gasteiger partial charge in [0.25, 0.3) is 17.3 Å². The van der Waals surface area contributed by atoms with E-state index < -0.39 is 5.97 Å². The summed E-state index contributed by atoms with van der Waals surface area (Å²) in [5, 5.41) is 7.80. The molecule has 0 bridgehead atoms. The normalized spacial score (nSPS) is 13.0. The summed E-state index contributed by atoms with van der Waals surface area (Å²) in [4.78, 5) is 27.5. The number of thiazole rings is 1. The van der Waals surface area contributed by atoms with Gasteiger partial charge < -0.3 is 23.0 Å². The van der Waals surface area contributed by atoms with E-state index in [4.69, 9.17) is 18.0 Å². The second-order valence-electron chi connectivity index (χ2n) is 5.39. The number of nitrogens with one attached hydrogen (secondary N) is 1.